The molecule has 2 aromatic rings. The van der Waals surface area contributed by atoms with Gasteiger partial charge in [-0.15, -0.1) is 0 Å². The van der Waals surface area contributed by atoms with Gasteiger partial charge >= 0.3 is 0 Å². The predicted molar refractivity (Wildman–Crippen MR) is 66.2 cm³/mol. The summed E-state index contributed by atoms with van der Waals surface area (Å²) >= 11 is 5.78. The van der Waals surface area contributed by atoms with Gasteiger partial charge in [0.05, 0.1) is 23.0 Å². The van der Waals surface area contributed by atoms with Crippen LogP contribution >= 0.6 is 11.6 Å². The fraction of sp³-hybridized carbons (Fsp3) is 0.250. The number of aromatic nitrogens is 2. The van der Waals surface area contributed by atoms with Gasteiger partial charge in [0.25, 0.3) is 0 Å². The number of imidazole rings is 1. The first-order chi connectivity index (χ1) is 8.04. The molecule has 0 amide bonds. The maximum atomic E-state index is 13.1. The Hall–Kier alpha value is -1.39. The van der Waals surface area contributed by atoms with Crippen molar-refractivity contribution < 1.29 is 4.39 Å². The molecule has 0 aliphatic carbocycles. The van der Waals surface area contributed by atoms with E-state index in [4.69, 9.17) is 17.3 Å². The average molecular weight is 254 g/mol. The molecule has 0 saturated heterocycles. The SMILES string of the molecule is Cc1nc(CN)n(C)c1-c1ccc(F)c(Cl)c1. The quantitative estimate of drug-likeness (QED) is 0.894. The van der Waals surface area contributed by atoms with Crippen LogP contribution in [0.25, 0.3) is 11.3 Å². The summed E-state index contributed by atoms with van der Waals surface area (Å²) in [5.74, 6) is 0.368. The molecule has 17 heavy (non-hydrogen) atoms. The zero-order chi connectivity index (χ0) is 12.6. The van der Waals surface area contributed by atoms with Gasteiger partial charge in [0.15, 0.2) is 0 Å². The van der Waals surface area contributed by atoms with Crippen molar-refractivity contribution in [2.75, 3.05) is 0 Å². The number of hydrogen-bond acceptors (Lipinski definition) is 2. The zero-order valence-electron chi connectivity index (χ0n) is 9.67. The fourth-order valence-electron chi connectivity index (χ4n) is 1.92. The van der Waals surface area contributed by atoms with Gasteiger partial charge in [-0.2, -0.15) is 0 Å². The Balaban J connectivity index is 2.60. The van der Waals surface area contributed by atoms with Gasteiger partial charge in [-0.25, -0.2) is 9.37 Å². The van der Waals surface area contributed by atoms with Crippen LogP contribution in [0, 0.1) is 12.7 Å². The van der Waals surface area contributed by atoms with Crippen LogP contribution in [0.5, 0.6) is 0 Å². The van der Waals surface area contributed by atoms with Gasteiger partial charge in [-0.05, 0) is 25.1 Å². The second-order valence-corrected chi connectivity index (χ2v) is 4.26. The van der Waals surface area contributed by atoms with Gasteiger partial charge in [-0.1, -0.05) is 11.6 Å². The number of benzene rings is 1. The highest BCUT2D eigenvalue weighted by Crippen LogP contribution is 2.27. The first-order valence-electron chi connectivity index (χ1n) is 5.22. The van der Waals surface area contributed by atoms with Crippen LogP contribution in [0.1, 0.15) is 11.5 Å². The lowest BCUT2D eigenvalue weighted by atomic mass is 10.1. The molecule has 3 nitrogen and oxygen atoms in total. The van der Waals surface area contributed by atoms with E-state index in [1.165, 1.54) is 6.07 Å². The maximum absolute atomic E-state index is 13.1. The van der Waals surface area contributed by atoms with Crippen molar-refractivity contribution >= 4 is 11.6 Å². The Morgan fingerprint density at radius 3 is 2.71 bits per heavy atom. The molecule has 1 aromatic carbocycles. The summed E-state index contributed by atoms with van der Waals surface area (Å²) in [7, 11) is 1.88. The van der Waals surface area contributed by atoms with Crippen molar-refractivity contribution in [1.29, 1.82) is 0 Å². The summed E-state index contributed by atoms with van der Waals surface area (Å²) < 4.78 is 15.0. The summed E-state index contributed by atoms with van der Waals surface area (Å²) in [5, 5.41) is 0.109. The molecule has 0 aliphatic rings. The Bertz CT molecular complexity index is 563. The van der Waals surface area contributed by atoms with E-state index in [0.29, 0.717) is 6.54 Å². The monoisotopic (exact) mass is 253 g/mol. The number of nitrogens with two attached hydrogens (primary N) is 1. The molecule has 0 bridgehead atoms. The summed E-state index contributed by atoms with van der Waals surface area (Å²) in [6, 6.07) is 4.64. The lowest BCUT2D eigenvalue weighted by Gasteiger charge is -2.06. The second kappa shape index (κ2) is 4.47. The third kappa shape index (κ3) is 2.06. The van der Waals surface area contributed by atoms with E-state index in [2.05, 4.69) is 4.98 Å². The Kier molecular flexibility index (Phi) is 3.17. The number of nitrogens with zero attached hydrogens (tertiary/aromatic N) is 2. The largest absolute Gasteiger partial charge is 0.330 e. The second-order valence-electron chi connectivity index (χ2n) is 3.85. The first kappa shape index (κ1) is 12.1. The van der Waals surface area contributed by atoms with Crippen molar-refractivity contribution in [1.82, 2.24) is 9.55 Å². The molecule has 0 fully saturated rings. The van der Waals surface area contributed by atoms with Gasteiger partial charge < -0.3 is 10.3 Å². The van der Waals surface area contributed by atoms with E-state index in [9.17, 15) is 4.39 Å². The zero-order valence-corrected chi connectivity index (χ0v) is 10.4. The van der Waals surface area contributed by atoms with Gasteiger partial charge in [0, 0.05) is 12.6 Å². The summed E-state index contributed by atoms with van der Waals surface area (Å²) in [6.45, 7) is 2.26. The van der Waals surface area contributed by atoms with Crippen molar-refractivity contribution in [3.05, 3.63) is 40.6 Å². The number of halogens is 2. The highest BCUT2D eigenvalue weighted by Gasteiger charge is 2.13. The minimum absolute atomic E-state index is 0.109. The van der Waals surface area contributed by atoms with Crippen LogP contribution in [0.3, 0.4) is 0 Å². The van der Waals surface area contributed by atoms with Gasteiger partial charge in [0.1, 0.15) is 11.6 Å². The van der Waals surface area contributed by atoms with E-state index in [-0.39, 0.29) is 5.02 Å². The third-order valence-electron chi connectivity index (χ3n) is 2.74. The Labute approximate surface area is 104 Å². The topological polar surface area (TPSA) is 43.8 Å². The van der Waals surface area contributed by atoms with Crippen molar-refractivity contribution in [3.63, 3.8) is 0 Å². The van der Waals surface area contributed by atoms with Crippen LogP contribution < -0.4 is 5.73 Å². The van der Waals surface area contributed by atoms with Gasteiger partial charge in [0.2, 0.25) is 0 Å². The molecular weight excluding hydrogens is 241 g/mol. The molecule has 0 radical (unpaired) electrons. The van der Waals surface area contributed by atoms with E-state index in [1.807, 2.05) is 18.5 Å². The molecule has 0 spiro atoms. The van der Waals surface area contributed by atoms with E-state index in [0.717, 1.165) is 22.8 Å². The van der Waals surface area contributed by atoms with E-state index in [1.54, 1.807) is 12.1 Å². The normalized spacial score (nSPS) is 10.9. The van der Waals surface area contributed by atoms with Crippen LogP contribution in [0.4, 0.5) is 4.39 Å². The smallest absolute Gasteiger partial charge is 0.141 e. The van der Waals surface area contributed by atoms with Crippen LogP contribution in [0.15, 0.2) is 18.2 Å². The van der Waals surface area contributed by atoms with Crippen molar-refractivity contribution in [3.8, 4) is 11.3 Å². The van der Waals surface area contributed by atoms with Gasteiger partial charge in [-0.3, -0.25) is 0 Å². The van der Waals surface area contributed by atoms with Crippen LogP contribution in [-0.2, 0) is 13.6 Å². The highest BCUT2D eigenvalue weighted by atomic mass is 35.5. The average Bonchev–Trinajstić information content (AvgIpc) is 2.58. The molecule has 0 unspecified atom stereocenters. The summed E-state index contributed by atoms with van der Waals surface area (Å²) in [5.41, 5.74) is 8.20. The predicted octanol–water partition coefficient (Wildman–Crippen LogP) is 2.65. The molecule has 0 atom stereocenters. The molecule has 5 heteroatoms. The lowest BCUT2D eigenvalue weighted by molar-refractivity contribution is 0.628. The standard InChI is InChI=1S/C12H13ClFN3/c1-7-12(17(2)11(6-15)16-7)8-3-4-10(14)9(13)5-8/h3-5H,6,15H2,1-2H3. The highest BCUT2D eigenvalue weighted by molar-refractivity contribution is 6.31. The first-order valence-corrected chi connectivity index (χ1v) is 5.60. The molecule has 2 rings (SSSR count). The van der Waals surface area contributed by atoms with Crippen molar-refractivity contribution in [2.24, 2.45) is 12.8 Å². The number of rotatable bonds is 2. The number of hydrogen-bond donors (Lipinski definition) is 1. The summed E-state index contributed by atoms with van der Waals surface area (Å²) in [4.78, 5) is 4.36. The molecule has 90 valence electrons. The molecule has 1 heterocycles. The van der Waals surface area contributed by atoms with E-state index < -0.39 is 5.82 Å². The third-order valence-corrected chi connectivity index (χ3v) is 3.03. The molecule has 2 N–H and O–H groups in total. The Morgan fingerprint density at radius 2 is 2.18 bits per heavy atom. The fourth-order valence-corrected chi connectivity index (χ4v) is 2.10. The molecule has 1 aromatic heterocycles. The molecule has 0 saturated carbocycles. The van der Waals surface area contributed by atoms with Crippen LogP contribution in [0.2, 0.25) is 5.02 Å². The minimum Gasteiger partial charge on any atom is -0.330 e. The van der Waals surface area contributed by atoms with E-state index >= 15 is 0 Å². The molecular formula is C12H13ClFN3. The maximum Gasteiger partial charge on any atom is 0.141 e. The lowest BCUT2D eigenvalue weighted by Crippen LogP contribution is -2.05. The van der Waals surface area contributed by atoms with Crippen LogP contribution in [-0.4, -0.2) is 9.55 Å². The molecule has 0 aliphatic heterocycles. The Morgan fingerprint density at radius 1 is 1.47 bits per heavy atom. The summed E-state index contributed by atoms with van der Waals surface area (Å²) in [6.07, 6.45) is 0. The number of aryl methyl sites for hydroxylation is 1. The van der Waals surface area contributed by atoms with Crippen molar-refractivity contribution in [2.45, 2.75) is 13.5 Å². The minimum atomic E-state index is -0.422.